The zero-order valence-corrected chi connectivity index (χ0v) is 16.5. The van der Waals surface area contributed by atoms with Gasteiger partial charge in [-0.05, 0) is 24.5 Å². The molecule has 4 rings (SSSR count). The van der Waals surface area contributed by atoms with Crippen LogP contribution in [0.3, 0.4) is 0 Å². The van der Waals surface area contributed by atoms with Crippen LogP contribution in [0.25, 0.3) is 10.9 Å². The molecule has 1 atom stereocenters. The van der Waals surface area contributed by atoms with E-state index in [2.05, 4.69) is 20.6 Å². The number of benzene rings is 1. The Hall–Kier alpha value is -3.09. The van der Waals surface area contributed by atoms with Gasteiger partial charge in [0.1, 0.15) is 12.3 Å². The predicted molar refractivity (Wildman–Crippen MR) is 109 cm³/mol. The maximum atomic E-state index is 12.5. The molecule has 0 aliphatic heterocycles. The van der Waals surface area contributed by atoms with E-state index in [9.17, 15) is 9.59 Å². The fourth-order valence-corrected chi connectivity index (χ4v) is 4.02. The Bertz CT molecular complexity index is 1000. The third kappa shape index (κ3) is 4.50. The molecule has 1 aromatic carbocycles. The van der Waals surface area contributed by atoms with Gasteiger partial charge in [-0.2, -0.15) is 0 Å². The minimum absolute atomic E-state index is 0.179. The molecule has 0 bridgehead atoms. The Morgan fingerprint density at radius 3 is 2.83 bits per heavy atom. The van der Waals surface area contributed by atoms with Crippen molar-refractivity contribution >= 4 is 22.7 Å². The number of fused-ring (bicyclic) bond motifs is 1. The summed E-state index contributed by atoms with van der Waals surface area (Å²) >= 11 is 0. The van der Waals surface area contributed by atoms with Crippen molar-refractivity contribution in [3.63, 3.8) is 0 Å². The summed E-state index contributed by atoms with van der Waals surface area (Å²) in [5, 5.41) is 7.02. The average Bonchev–Trinajstić information content (AvgIpc) is 3.36. The minimum Gasteiger partial charge on any atom is -0.446 e. The number of hydrogen-bond donors (Lipinski definition) is 3. The second-order valence-corrected chi connectivity index (χ2v) is 7.70. The molecule has 2 heterocycles. The minimum atomic E-state index is -0.456. The van der Waals surface area contributed by atoms with Gasteiger partial charge < -0.3 is 20.0 Å². The second kappa shape index (κ2) is 8.51. The number of carbonyl (C=O) groups is 2. The van der Waals surface area contributed by atoms with Crippen LogP contribution in [-0.4, -0.2) is 27.8 Å². The molecule has 2 amide bonds. The summed E-state index contributed by atoms with van der Waals surface area (Å²) in [5.41, 5.74) is 2.33. The lowest BCUT2D eigenvalue weighted by Gasteiger charge is -2.22. The van der Waals surface area contributed by atoms with E-state index in [0.717, 1.165) is 42.1 Å². The number of aromatic amines is 1. The van der Waals surface area contributed by atoms with Crippen LogP contribution in [0.1, 0.15) is 67.0 Å². The molecule has 1 aliphatic carbocycles. The normalized spacial score (nSPS) is 15.9. The number of oxazole rings is 1. The number of H-pyrrole nitrogens is 1. The van der Waals surface area contributed by atoms with Gasteiger partial charge in [0.2, 0.25) is 11.8 Å². The third-order valence-corrected chi connectivity index (χ3v) is 5.47. The van der Waals surface area contributed by atoms with E-state index in [4.69, 9.17) is 4.42 Å². The predicted octanol–water partition coefficient (Wildman–Crippen LogP) is 3.64. The zero-order chi connectivity index (χ0) is 20.2. The summed E-state index contributed by atoms with van der Waals surface area (Å²) in [4.78, 5) is 31.9. The van der Waals surface area contributed by atoms with Crippen molar-refractivity contribution in [1.82, 2.24) is 20.6 Å². The van der Waals surface area contributed by atoms with E-state index in [-0.39, 0.29) is 23.6 Å². The molecule has 29 heavy (non-hydrogen) atoms. The molecule has 1 unspecified atom stereocenters. The first-order valence-electron chi connectivity index (χ1n) is 10.2. The van der Waals surface area contributed by atoms with Crippen molar-refractivity contribution in [3.05, 3.63) is 53.9 Å². The van der Waals surface area contributed by atoms with Gasteiger partial charge >= 0.3 is 0 Å². The maximum Gasteiger partial charge on any atom is 0.273 e. The Morgan fingerprint density at radius 1 is 1.24 bits per heavy atom. The quantitative estimate of drug-likeness (QED) is 0.594. The van der Waals surface area contributed by atoms with Gasteiger partial charge in [0.05, 0.1) is 0 Å². The number of nitrogens with one attached hydrogen (secondary N) is 3. The lowest BCUT2D eigenvalue weighted by Crippen LogP contribution is -2.36. The van der Waals surface area contributed by atoms with Crippen LogP contribution in [0.5, 0.6) is 0 Å². The second-order valence-electron chi connectivity index (χ2n) is 7.70. The van der Waals surface area contributed by atoms with Crippen molar-refractivity contribution in [2.24, 2.45) is 0 Å². The number of rotatable bonds is 6. The molecular formula is C22H26N4O3. The van der Waals surface area contributed by atoms with Crippen LogP contribution in [-0.2, 0) is 11.2 Å². The first kappa shape index (κ1) is 19.2. The van der Waals surface area contributed by atoms with Gasteiger partial charge in [-0.15, -0.1) is 0 Å². The summed E-state index contributed by atoms with van der Waals surface area (Å²) in [6.07, 6.45) is 9.34. The van der Waals surface area contributed by atoms with E-state index >= 15 is 0 Å². The van der Waals surface area contributed by atoms with E-state index in [0.29, 0.717) is 12.3 Å². The Kier molecular flexibility index (Phi) is 5.64. The molecule has 0 radical (unpaired) electrons. The Balaban J connectivity index is 1.51. The van der Waals surface area contributed by atoms with Crippen LogP contribution < -0.4 is 10.6 Å². The highest BCUT2D eigenvalue weighted by Gasteiger charge is 2.24. The third-order valence-electron chi connectivity index (χ3n) is 5.47. The summed E-state index contributed by atoms with van der Waals surface area (Å²) in [6.45, 7) is 1.46. The van der Waals surface area contributed by atoms with Crippen LogP contribution in [0.2, 0.25) is 0 Å². The smallest absolute Gasteiger partial charge is 0.273 e. The van der Waals surface area contributed by atoms with Gasteiger partial charge in [0, 0.05) is 36.5 Å². The first-order valence-corrected chi connectivity index (χ1v) is 10.2. The number of carbonyl (C=O) groups excluding carboxylic acids is 2. The molecule has 7 nitrogen and oxygen atoms in total. The van der Waals surface area contributed by atoms with Gasteiger partial charge in [-0.25, -0.2) is 4.98 Å². The standard InChI is InChI=1S/C22H26N4O3/c1-14(27)24-19(11-15-12-23-18-10-6-5-9-17(15)18)22-26-20(13-29-22)21(28)25-16-7-3-2-4-8-16/h5-6,9-10,12-13,16,19,23H,2-4,7-8,11H2,1H3,(H,24,27)(H,25,28). The fourth-order valence-electron chi connectivity index (χ4n) is 4.02. The Morgan fingerprint density at radius 2 is 2.03 bits per heavy atom. The number of para-hydroxylation sites is 1. The van der Waals surface area contributed by atoms with Crippen molar-refractivity contribution in [2.45, 2.75) is 57.5 Å². The van der Waals surface area contributed by atoms with Crippen molar-refractivity contribution in [2.75, 3.05) is 0 Å². The SMILES string of the molecule is CC(=O)NC(Cc1c[nH]c2ccccc12)c1nc(C(=O)NC2CCCCC2)co1. The molecule has 1 aliphatic rings. The van der Waals surface area contributed by atoms with Crippen LogP contribution in [0.4, 0.5) is 0 Å². The number of hydrogen-bond acceptors (Lipinski definition) is 4. The monoisotopic (exact) mass is 394 g/mol. The molecule has 1 saturated carbocycles. The van der Waals surface area contributed by atoms with E-state index < -0.39 is 6.04 Å². The highest BCUT2D eigenvalue weighted by molar-refractivity contribution is 5.92. The molecular weight excluding hydrogens is 368 g/mol. The lowest BCUT2D eigenvalue weighted by atomic mass is 9.95. The molecule has 1 fully saturated rings. The van der Waals surface area contributed by atoms with Crippen LogP contribution in [0.15, 0.2) is 41.1 Å². The number of aromatic nitrogens is 2. The largest absolute Gasteiger partial charge is 0.446 e. The van der Waals surface area contributed by atoms with E-state index in [1.807, 2.05) is 30.5 Å². The highest BCUT2D eigenvalue weighted by Crippen LogP contribution is 2.25. The van der Waals surface area contributed by atoms with Gasteiger partial charge in [0.25, 0.3) is 5.91 Å². The van der Waals surface area contributed by atoms with Crippen LogP contribution in [0, 0.1) is 0 Å². The van der Waals surface area contributed by atoms with E-state index in [1.54, 1.807) is 0 Å². The summed E-state index contributed by atoms with van der Waals surface area (Å²) < 4.78 is 5.60. The van der Waals surface area contributed by atoms with Crippen molar-refractivity contribution < 1.29 is 14.0 Å². The Labute approximate surface area is 169 Å². The molecule has 0 saturated heterocycles. The molecule has 3 N–H and O–H groups in total. The molecule has 2 aromatic heterocycles. The summed E-state index contributed by atoms with van der Waals surface area (Å²) in [7, 11) is 0. The topological polar surface area (TPSA) is 100 Å². The average molecular weight is 394 g/mol. The van der Waals surface area contributed by atoms with Gasteiger partial charge in [-0.3, -0.25) is 9.59 Å². The van der Waals surface area contributed by atoms with Gasteiger partial charge in [-0.1, -0.05) is 37.5 Å². The molecule has 3 aromatic rings. The van der Waals surface area contributed by atoms with Gasteiger partial charge in [0.15, 0.2) is 5.69 Å². The summed E-state index contributed by atoms with van der Waals surface area (Å²) in [6, 6.07) is 7.73. The zero-order valence-electron chi connectivity index (χ0n) is 16.5. The number of nitrogens with zero attached hydrogens (tertiary/aromatic N) is 1. The highest BCUT2D eigenvalue weighted by atomic mass is 16.3. The van der Waals surface area contributed by atoms with Crippen molar-refractivity contribution in [1.29, 1.82) is 0 Å². The first-order chi connectivity index (χ1) is 14.1. The maximum absolute atomic E-state index is 12.5. The molecule has 7 heteroatoms. The molecule has 0 spiro atoms. The van der Waals surface area contributed by atoms with Crippen molar-refractivity contribution in [3.8, 4) is 0 Å². The van der Waals surface area contributed by atoms with Crippen LogP contribution >= 0.6 is 0 Å². The fraction of sp³-hybridized carbons (Fsp3) is 0.409. The number of amides is 2. The lowest BCUT2D eigenvalue weighted by molar-refractivity contribution is -0.119. The van der Waals surface area contributed by atoms with E-state index in [1.165, 1.54) is 19.6 Å². The summed E-state index contributed by atoms with van der Waals surface area (Å²) in [5.74, 6) is -0.0684. The molecule has 152 valence electrons.